The Hall–Kier alpha value is -2.77. The molecule has 0 amide bonds. The molecule has 0 radical (unpaired) electrons. The SMILES string of the molecule is Cc1nn(-c2ccc(F)cc2)c(Cl)c1/C=N\Nc1nc2ccccc2s1. The van der Waals surface area contributed by atoms with E-state index in [-0.39, 0.29) is 5.82 Å². The summed E-state index contributed by atoms with van der Waals surface area (Å²) in [5, 5.41) is 9.73. The second-order valence-corrected chi connectivity index (χ2v) is 6.92. The lowest BCUT2D eigenvalue weighted by atomic mass is 10.3. The van der Waals surface area contributed by atoms with Gasteiger partial charge in [0.1, 0.15) is 11.0 Å². The molecule has 2 aromatic carbocycles. The third-order valence-electron chi connectivity index (χ3n) is 3.77. The summed E-state index contributed by atoms with van der Waals surface area (Å²) < 4.78 is 15.7. The van der Waals surface area contributed by atoms with Crippen LogP contribution in [-0.4, -0.2) is 21.0 Å². The minimum Gasteiger partial charge on any atom is -0.253 e. The van der Waals surface area contributed by atoms with Crippen molar-refractivity contribution in [1.82, 2.24) is 14.8 Å². The monoisotopic (exact) mass is 385 g/mol. The number of para-hydroxylation sites is 1. The zero-order valence-corrected chi connectivity index (χ0v) is 15.2. The standard InChI is InChI=1S/C18H13ClFN5S/c1-11-14(17(19)25(24-11)13-8-6-12(20)7-9-13)10-21-23-18-22-15-4-2-3-5-16(15)26-18/h2-10H,1H3,(H,22,23)/b21-10-. The third kappa shape index (κ3) is 3.18. The minimum atomic E-state index is -0.310. The van der Waals surface area contributed by atoms with Crippen LogP contribution in [0.15, 0.2) is 53.6 Å². The molecule has 0 aliphatic rings. The van der Waals surface area contributed by atoms with Crippen molar-refractivity contribution < 1.29 is 4.39 Å². The van der Waals surface area contributed by atoms with E-state index in [4.69, 9.17) is 11.6 Å². The van der Waals surface area contributed by atoms with Crippen molar-refractivity contribution in [3.05, 3.63) is 70.8 Å². The van der Waals surface area contributed by atoms with Crippen LogP contribution in [0.25, 0.3) is 15.9 Å². The zero-order valence-electron chi connectivity index (χ0n) is 13.6. The molecule has 130 valence electrons. The highest BCUT2D eigenvalue weighted by Gasteiger charge is 2.13. The van der Waals surface area contributed by atoms with Crippen molar-refractivity contribution in [3.8, 4) is 5.69 Å². The van der Waals surface area contributed by atoms with Crippen LogP contribution in [-0.2, 0) is 0 Å². The Morgan fingerprint density at radius 2 is 1.96 bits per heavy atom. The average molecular weight is 386 g/mol. The van der Waals surface area contributed by atoms with Crippen molar-refractivity contribution in [1.29, 1.82) is 0 Å². The Kier molecular flexibility index (Phi) is 4.40. The Balaban J connectivity index is 1.57. The molecule has 5 nitrogen and oxygen atoms in total. The van der Waals surface area contributed by atoms with E-state index in [2.05, 4.69) is 20.6 Å². The lowest BCUT2D eigenvalue weighted by Crippen LogP contribution is -1.97. The second kappa shape index (κ2) is 6.86. The number of benzene rings is 2. The van der Waals surface area contributed by atoms with Gasteiger partial charge in [-0.1, -0.05) is 35.1 Å². The molecule has 0 aliphatic carbocycles. The molecule has 0 unspecified atom stereocenters. The first-order chi connectivity index (χ1) is 12.6. The topological polar surface area (TPSA) is 55.1 Å². The number of hydrogen-bond donors (Lipinski definition) is 1. The van der Waals surface area contributed by atoms with Gasteiger partial charge in [-0.15, -0.1) is 0 Å². The molecule has 0 bridgehead atoms. The molecule has 4 aromatic rings. The van der Waals surface area contributed by atoms with E-state index in [0.717, 1.165) is 10.2 Å². The maximum Gasteiger partial charge on any atom is 0.204 e. The molecule has 0 saturated carbocycles. The van der Waals surface area contributed by atoms with Gasteiger partial charge in [0.25, 0.3) is 0 Å². The molecule has 26 heavy (non-hydrogen) atoms. The van der Waals surface area contributed by atoms with E-state index in [9.17, 15) is 4.39 Å². The predicted molar refractivity (Wildman–Crippen MR) is 104 cm³/mol. The summed E-state index contributed by atoms with van der Waals surface area (Å²) in [7, 11) is 0. The van der Waals surface area contributed by atoms with Crippen molar-refractivity contribution in [2.75, 3.05) is 5.43 Å². The van der Waals surface area contributed by atoms with Crippen LogP contribution in [0.4, 0.5) is 9.52 Å². The minimum absolute atomic E-state index is 0.310. The summed E-state index contributed by atoms with van der Waals surface area (Å²) >= 11 is 7.94. The fourth-order valence-corrected chi connectivity index (χ4v) is 3.62. The fourth-order valence-electron chi connectivity index (χ4n) is 2.48. The van der Waals surface area contributed by atoms with Gasteiger partial charge in [0, 0.05) is 0 Å². The highest BCUT2D eigenvalue weighted by Crippen LogP contribution is 2.26. The summed E-state index contributed by atoms with van der Waals surface area (Å²) in [5.74, 6) is -0.310. The van der Waals surface area contributed by atoms with Crippen LogP contribution in [0.2, 0.25) is 5.15 Å². The van der Waals surface area contributed by atoms with Gasteiger partial charge >= 0.3 is 0 Å². The van der Waals surface area contributed by atoms with Crippen molar-refractivity contribution >= 4 is 44.5 Å². The number of thiazole rings is 1. The number of hydrogen-bond acceptors (Lipinski definition) is 5. The average Bonchev–Trinajstić information content (AvgIpc) is 3.17. The maximum absolute atomic E-state index is 13.1. The number of aryl methyl sites for hydroxylation is 1. The van der Waals surface area contributed by atoms with E-state index < -0.39 is 0 Å². The Morgan fingerprint density at radius 3 is 2.73 bits per heavy atom. The van der Waals surface area contributed by atoms with Crippen LogP contribution in [0.1, 0.15) is 11.3 Å². The largest absolute Gasteiger partial charge is 0.253 e. The van der Waals surface area contributed by atoms with Gasteiger partial charge in [-0.05, 0) is 43.3 Å². The second-order valence-electron chi connectivity index (χ2n) is 5.53. The van der Waals surface area contributed by atoms with Crippen molar-refractivity contribution in [2.24, 2.45) is 5.10 Å². The molecule has 2 heterocycles. The van der Waals surface area contributed by atoms with Crippen molar-refractivity contribution in [2.45, 2.75) is 6.92 Å². The van der Waals surface area contributed by atoms with Gasteiger partial charge < -0.3 is 0 Å². The van der Waals surface area contributed by atoms with Gasteiger partial charge in [0.2, 0.25) is 5.13 Å². The third-order valence-corrected chi connectivity index (χ3v) is 5.07. The summed E-state index contributed by atoms with van der Waals surface area (Å²) in [4.78, 5) is 4.45. The summed E-state index contributed by atoms with van der Waals surface area (Å²) in [6.07, 6.45) is 1.61. The summed E-state index contributed by atoms with van der Waals surface area (Å²) in [6, 6.07) is 13.9. The first-order valence-corrected chi connectivity index (χ1v) is 8.97. The van der Waals surface area contributed by atoms with E-state index in [0.29, 0.717) is 27.2 Å². The molecule has 2 aromatic heterocycles. The number of aromatic nitrogens is 3. The van der Waals surface area contributed by atoms with Crippen molar-refractivity contribution in [3.63, 3.8) is 0 Å². The van der Waals surface area contributed by atoms with E-state index >= 15 is 0 Å². The number of nitrogens with zero attached hydrogens (tertiary/aromatic N) is 4. The molecule has 1 N–H and O–H groups in total. The molecule has 0 spiro atoms. The number of anilines is 1. The van der Waals surface area contributed by atoms with Crippen LogP contribution >= 0.6 is 22.9 Å². The first kappa shape index (κ1) is 16.7. The highest BCUT2D eigenvalue weighted by molar-refractivity contribution is 7.22. The fraction of sp³-hybridized carbons (Fsp3) is 0.0556. The van der Waals surface area contributed by atoms with E-state index in [1.165, 1.54) is 23.5 Å². The van der Waals surface area contributed by atoms with Crippen LogP contribution in [0.3, 0.4) is 0 Å². The molecular formula is C18H13ClFN5S. The quantitative estimate of drug-likeness (QED) is 0.396. The molecule has 0 saturated heterocycles. The molecule has 4 rings (SSSR count). The lowest BCUT2D eigenvalue weighted by Gasteiger charge is -2.02. The Bertz CT molecular complexity index is 1070. The molecular weight excluding hydrogens is 373 g/mol. The lowest BCUT2D eigenvalue weighted by molar-refractivity contribution is 0.627. The Labute approximate surface area is 157 Å². The van der Waals surface area contributed by atoms with Crippen LogP contribution in [0, 0.1) is 12.7 Å². The zero-order chi connectivity index (χ0) is 18.1. The number of fused-ring (bicyclic) bond motifs is 1. The Morgan fingerprint density at radius 1 is 1.19 bits per heavy atom. The molecule has 0 fully saturated rings. The number of rotatable bonds is 4. The van der Waals surface area contributed by atoms with Gasteiger partial charge in [-0.25, -0.2) is 14.1 Å². The van der Waals surface area contributed by atoms with Gasteiger partial charge in [0.05, 0.1) is 33.4 Å². The van der Waals surface area contributed by atoms with E-state index in [1.807, 2.05) is 31.2 Å². The van der Waals surface area contributed by atoms with Gasteiger partial charge in [0.15, 0.2) is 0 Å². The summed E-state index contributed by atoms with van der Waals surface area (Å²) in [6.45, 7) is 1.84. The summed E-state index contributed by atoms with van der Waals surface area (Å²) in [5.41, 5.74) is 5.93. The highest BCUT2D eigenvalue weighted by atomic mass is 35.5. The smallest absolute Gasteiger partial charge is 0.204 e. The van der Waals surface area contributed by atoms with Gasteiger partial charge in [-0.3, -0.25) is 5.43 Å². The van der Waals surface area contributed by atoms with Crippen LogP contribution in [0.5, 0.6) is 0 Å². The normalized spacial score (nSPS) is 11.5. The van der Waals surface area contributed by atoms with Gasteiger partial charge in [-0.2, -0.15) is 10.2 Å². The molecule has 8 heteroatoms. The number of halogens is 2. The van der Waals surface area contributed by atoms with E-state index in [1.54, 1.807) is 23.0 Å². The first-order valence-electron chi connectivity index (χ1n) is 7.77. The number of hydrazone groups is 1. The van der Waals surface area contributed by atoms with Crippen LogP contribution < -0.4 is 5.43 Å². The molecule has 0 aliphatic heterocycles. The number of nitrogens with one attached hydrogen (secondary N) is 1. The maximum atomic E-state index is 13.1. The predicted octanol–water partition coefficient (Wildman–Crippen LogP) is 5.03. The molecule has 0 atom stereocenters.